The Morgan fingerprint density at radius 3 is 2.11 bits per heavy atom. The number of aliphatic carboxylic acids is 1. The Labute approximate surface area is 266 Å². The van der Waals surface area contributed by atoms with Crippen LogP contribution in [0.3, 0.4) is 0 Å². The smallest absolute Gasteiger partial charge is 0.407 e. The Kier molecular flexibility index (Phi) is 8.42. The minimum absolute atomic E-state index is 0.00512. The van der Waals surface area contributed by atoms with E-state index in [0.717, 1.165) is 13.0 Å². The van der Waals surface area contributed by atoms with Gasteiger partial charge in [-0.05, 0) is 60.5 Å². The standard InChI is InChI=1S/C30H28N4O12S/c1-30(14-46-29(43)33-13-16-3-5-21(36)23(38)9-16)24(28(41)42)34-26(40)19(27(34)47(30,44)45)11-18-10-17(6-7-31-18)25(39)32-12-15-2-4-20(35)22(37)8-15/h2-11,24,27,35-38H,12-14H2,1H3,(H,32,39)(H,33,43)(H,41,42)/t24-,27+,30-/m0/s1. The molecule has 0 unspecified atom stereocenters. The summed E-state index contributed by atoms with van der Waals surface area (Å²) in [6.07, 6.45) is 1.30. The number of ether oxygens (including phenoxy) is 1. The van der Waals surface area contributed by atoms with E-state index in [1.54, 1.807) is 0 Å². The molecule has 5 rings (SSSR count). The molecular formula is C30H28N4O12S. The number of carbonyl (C=O) groups excluding carboxylic acids is 3. The van der Waals surface area contributed by atoms with E-state index in [0.29, 0.717) is 16.0 Å². The Bertz CT molecular complexity index is 1950. The molecule has 17 heteroatoms. The van der Waals surface area contributed by atoms with Crippen molar-refractivity contribution in [2.75, 3.05) is 6.61 Å². The third-order valence-corrected chi connectivity index (χ3v) is 10.6. The molecule has 3 atom stereocenters. The number of nitrogens with zero attached hydrogens (tertiary/aromatic N) is 2. The molecule has 3 aromatic rings. The van der Waals surface area contributed by atoms with Crippen molar-refractivity contribution < 1.29 is 57.9 Å². The van der Waals surface area contributed by atoms with E-state index in [9.17, 15) is 53.1 Å². The highest BCUT2D eigenvalue weighted by molar-refractivity contribution is 7.94. The van der Waals surface area contributed by atoms with E-state index >= 15 is 0 Å². The van der Waals surface area contributed by atoms with E-state index in [2.05, 4.69) is 15.6 Å². The predicted octanol–water partition coefficient (Wildman–Crippen LogP) is 0.952. The van der Waals surface area contributed by atoms with Crippen LogP contribution < -0.4 is 10.6 Å². The summed E-state index contributed by atoms with van der Waals surface area (Å²) in [5, 5.41) is 51.3. The number of pyridine rings is 1. The zero-order valence-corrected chi connectivity index (χ0v) is 25.3. The van der Waals surface area contributed by atoms with Crippen molar-refractivity contribution >= 4 is 39.8 Å². The first-order valence-electron chi connectivity index (χ1n) is 13.8. The van der Waals surface area contributed by atoms with Gasteiger partial charge >= 0.3 is 12.1 Å². The van der Waals surface area contributed by atoms with Crippen LogP contribution in [0.15, 0.2) is 60.3 Å². The number of sulfone groups is 1. The van der Waals surface area contributed by atoms with Crippen molar-refractivity contribution in [2.24, 2.45) is 0 Å². The van der Waals surface area contributed by atoms with Gasteiger partial charge in [0.05, 0.1) is 11.3 Å². The normalized spacial score (nSPS) is 21.9. The Hall–Kier alpha value is -5.84. The highest BCUT2D eigenvalue weighted by atomic mass is 32.2. The van der Waals surface area contributed by atoms with Crippen molar-refractivity contribution in [3.8, 4) is 23.0 Å². The number of phenols is 4. The van der Waals surface area contributed by atoms with Gasteiger partial charge in [-0.2, -0.15) is 0 Å². The largest absolute Gasteiger partial charge is 0.504 e. The molecule has 0 spiro atoms. The maximum atomic E-state index is 13.8. The number of nitrogens with one attached hydrogen (secondary N) is 2. The number of alkyl carbamates (subject to hydrolysis) is 1. The third-order valence-electron chi connectivity index (χ3n) is 7.84. The van der Waals surface area contributed by atoms with Crippen molar-refractivity contribution in [1.29, 1.82) is 0 Å². The van der Waals surface area contributed by atoms with Gasteiger partial charge < -0.3 is 45.8 Å². The van der Waals surface area contributed by atoms with Crippen LogP contribution in [0, 0.1) is 0 Å². The number of phenolic OH excluding ortho intramolecular Hbond substituents is 4. The SMILES string of the molecule is C[C@]1(COC(=O)NCc2ccc(O)c(O)c2)[C@H](C(=O)O)N2C(=O)C(=Cc3cc(C(=O)NCc4ccc(O)c(O)c4)ccn3)[C@H]2S1(=O)=O. The number of carbonyl (C=O) groups is 4. The van der Waals surface area contributed by atoms with E-state index in [1.165, 1.54) is 54.7 Å². The number of hydrogen-bond donors (Lipinski definition) is 7. The van der Waals surface area contributed by atoms with Gasteiger partial charge in [-0.1, -0.05) is 12.1 Å². The predicted molar refractivity (Wildman–Crippen MR) is 160 cm³/mol. The average Bonchev–Trinajstić information content (AvgIpc) is 3.19. The number of carboxylic acid groups (broad SMARTS) is 1. The second-order valence-corrected chi connectivity index (χ2v) is 13.5. The molecule has 246 valence electrons. The summed E-state index contributed by atoms with van der Waals surface area (Å²) in [6, 6.07) is 8.59. The van der Waals surface area contributed by atoms with Crippen LogP contribution in [0.5, 0.6) is 23.0 Å². The fourth-order valence-electron chi connectivity index (χ4n) is 5.30. The highest BCUT2D eigenvalue weighted by Gasteiger charge is 2.72. The van der Waals surface area contributed by atoms with Gasteiger partial charge in [-0.3, -0.25) is 14.6 Å². The first-order chi connectivity index (χ1) is 22.1. The summed E-state index contributed by atoms with van der Waals surface area (Å²) in [6.45, 7) is -0.0378. The summed E-state index contributed by atoms with van der Waals surface area (Å²) >= 11 is 0. The Morgan fingerprint density at radius 2 is 1.53 bits per heavy atom. The number of aromatic nitrogens is 1. The summed E-state index contributed by atoms with van der Waals surface area (Å²) in [5.41, 5.74) is 0.711. The number of rotatable bonds is 9. The number of aromatic hydroxyl groups is 4. The first kappa shape index (κ1) is 32.6. The van der Waals surface area contributed by atoms with E-state index in [4.69, 9.17) is 4.74 Å². The molecule has 16 nitrogen and oxygen atoms in total. The van der Waals surface area contributed by atoms with Crippen molar-refractivity contribution in [2.45, 2.75) is 36.2 Å². The van der Waals surface area contributed by atoms with Crippen LogP contribution in [0.1, 0.15) is 34.1 Å². The van der Waals surface area contributed by atoms with Gasteiger partial charge in [0.25, 0.3) is 11.8 Å². The highest BCUT2D eigenvalue weighted by Crippen LogP contribution is 2.49. The Morgan fingerprint density at radius 1 is 0.936 bits per heavy atom. The molecule has 2 saturated heterocycles. The van der Waals surface area contributed by atoms with Gasteiger partial charge in [-0.25, -0.2) is 18.0 Å². The van der Waals surface area contributed by atoms with Gasteiger partial charge in [0.15, 0.2) is 44.3 Å². The molecule has 2 aliphatic heterocycles. The minimum Gasteiger partial charge on any atom is -0.504 e. The topological polar surface area (TPSA) is 253 Å². The Balaban J connectivity index is 1.30. The number of benzene rings is 2. The molecule has 2 fully saturated rings. The molecule has 0 bridgehead atoms. The van der Waals surface area contributed by atoms with Crippen LogP contribution >= 0.6 is 0 Å². The second-order valence-electron chi connectivity index (χ2n) is 11.0. The van der Waals surface area contributed by atoms with Gasteiger partial charge in [0, 0.05) is 24.8 Å². The lowest BCUT2D eigenvalue weighted by molar-refractivity contribution is -0.153. The first-order valence-corrected chi connectivity index (χ1v) is 15.4. The molecule has 3 amide bonds. The second kappa shape index (κ2) is 12.2. The molecule has 0 saturated carbocycles. The number of hydrogen-bond acceptors (Lipinski definition) is 12. The summed E-state index contributed by atoms with van der Waals surface area (Å²) in [4.78, 5) is 55.3. The number of β-lactam (4-membered cyclic amide) rings is 1. The monoisotopic (exact) mass is 668 g/mol. The maximum absolute atomic E-state index is 13.8. The van der Waals surface area contributed by atoms with Crippen molar-refractivity contribution in [3.63, 3.8) is 0 Å². The van der Waals surface area contributed by atoms with Crippen LogP contribution in [-0.4, -0.2) is 90.5 Å². The van der Waals surface area contributed by atoms with E-state index < -0.39 is 62.2 Å². The lowest BCUT2D eigenvalue weighted by Crippen LogP contribution is -2.59. The lowest BCUT2D eigenvalue weighted by atomic mass is 9.94. The van der Waals surface area contributed by atoms with Gasteiger partial charge in [0.1, 0.15) is 11.4 Å². The minimum atomic E-state index is -4.52. The van der Waals surface area contributed by atoms with Crippen molar-refractivity contribution in [3.05, 3.63) is 82.7 Å². The van der Waals surface area contributed by atoms with Crippen LogP contribution in [0.2, 0.25) is 0 Å². The maximum Gasteiger partial charge on any atom is 0.407 e. The number of fused-ring (bicyclic) bond motifs is 1. The zero-order chi connectivity index (χ0) is 34.3. The molecule has 2 aliphatic rings. The molecule has 0 aliphatic carbocycles. The van der Waals surface area contributed by atoms with Gasteiger partial charge in [0.2, 0.25) is 0 Å². The zero-order valence-electron chi connectivity index (χ0n) is 24.4. The molecule has 2 aromatic carbocycles. The average molecular weight is 669 g/mol. The number of carboxylic acids is 1. The molecule has 7 N–H and O–H groups in total. The number of amides is 3. The van der Waals surface area contributed by atoms with Crippen LogP contribution in [-0.2, 0) is 37.3 Å². The molecule has 3 heterocycles. The summed E-state index contributed by atoms with van der Waals surface area (Å²) in [5.74, 6) is -4.57. The van der Waals surface area contributed by atoms with E-state index in [-0.39, 0.29) is 47.2 Å². The van der Waals surface area contributed by atoms with E-state index in [1.807, 2.05) is 0 Å². The quantitative estimate of drug-likeness (QED) is 0.0954. The lowest BCUT2D eigenvalue weighted by Gasteiger charge is -2.37. The van der Waals surface area contributed by atoms with Crippen LogP contribution in [0.25, 0.3) is 6.08 Å². The fraction of sp³-hybridized carbons (Fsp3) is 0.233. The van der Waals surface area contributed by atoms with Crippen LogP contribution in [0.4, 0.5) is 4.79 Å². The van der Waals surface area contributed by atoms with Gasteiger partial charge in [-0.15, -0.1) is 0 Å². The fourth-order valence-corrected chi connectivity index (χ4v) is 7.58. The molecule has 47 heavy (non-hydrogen) atoms. The summed E-state index contributed by atoms with van der Waals surface area (Å²) < 4.78 is 30.4. The molecule has 1 aromatic heterocycles. The third kappa shape index (κ3) is 5.95. The van der Waals surface area contributed by atoms with Crippen molar-refractivity contribution in [1.82, 2.24) is 20.5 Å². The summed E-state index contributed by atoms with van der Waals surface area (Å²) in [7, 11) is -4.52. The molecular weight excluding hydrogens is 640 g/mol. The molecule has 0 radical (unpaired) electrons.